The fourth-order valence-electron chi connectivity index (χ4n) is 4.48. The van der Waals surface area contributed by atoms with Gasteiger partial charge in [-0.3, -0.25) is 9.10 Å². The van der Waals surface area contributed by atoms with Crippen LogP contribution in [0.25, 0.3) is 10.9 Å². The average molecular weight is 485 g/mol. The van der Waals surface area contributed by atoms with Crippen molar-refractivity contribution in [3.05, 3.63) is 94.0 Å². The Kier molecular flexibility index (Phi) is 5.79. The first kappa shape index (κ1) is 22.7. The molecule has 8 heteroatoms. The number of aromatic amines is 1. The number of para-hydroxylation sites is 1. The van der Waals surface area contributed by atoms with Crippen molar-refractivity contribution in [3.8, 4) is 12.3 Å². The maximum atomic E-state index is 13.3. The molecule has 176 valence electrons. The van der Waals surface area contributed by atoms with Crippen molar-refractivity contribution in [1.29, 1.82) is 0 Å². The summed E-state index contributed by atoms with van der Waals surface area (Å²) in [6.07, 6.45) is 6.32. The quantitative estimate of drug-likeness (QED) is 0.423. The molecule has 4 aromatic rings. The van der Waals surface area contributed by atoms with E-state index in [1.807, 2.05) is 47.4 Å². The summed E-state index contributed by atoms with van der Waals surface area (Å²) in [5.74, 6) is 3.23. The number of H-pyrrole nitrogens is 1. The van der Waals surface area contributed by atoms with Crippen molar-refractivity contribution in [1.82, 2.24) is 9.97 Å². The number of aromatic nitrogens is 2. The highest BCUT2D eigenvalue weighted by Gasteiger charge is 2.30. The van der Waals surface area contributed by atoms with E-state index in [9.17, 15) is 13.2 Å². The zero-order valence-corrected chi connectivity index (χ0v) is 20.0. The third kappa shape index (κ3) is 4.27. The molecule has 3 aromatic carbocycles. The minimum atomic E-state index is -3.67. The third-order valence-corrected chi connectivity index (χ3v) is 8.01. The summed E-state index contributed by atoms with van der Waals surface area (Å²) >= 11 is 0. The van der Waals surface area contributed by atoms with E-state index in [2.05, 4.69) is 15.9 Å². The van der Waals surface area contributed by atoms with Crippen molar-refractivity contribution >= 4 is 32.3 Å². The van der Waals surface area contributed by atoms with Crippen LogP contribution in [0, 0.1) is 19.3 Å². The molecular formula is C27H24N4O3S. The van der Waals surface area contributed by atoms with Crippen LogP contribution in [0.15, 0.2) is 76.4 Å². The molecule has 35 heavy (non-hydrogen) atoms. The molecule has 0 spiro atoms. The van der Waals surface area contributed by atoms with Crippen LogP contribution < -0.4 is 14.8 Å². The summed E-state index contributed by atoms with van der Waals surface area (Å²) in [4.78, 5) is 21.6. The molecule has 1 aromatic heterocycles. The molecule has 0 radical (unpaired) electrons. The van der Waals surface area contributed by atoms with Gasteiger partial charge in [-0.2, -0.15) is 0 Å². The van der Waals surface area contributed by atoms with Crippen molar-refractivity contribution < 1.29 is 8.42 Å². The van der Waals surface area contributed by atoms with Crippen molar-refractivity contribution in [3.63, 3.8) is 0 Å². The molecule has 0 saturated heterocycles. The van der Waals surface area contributed by atoms with Gasteiger partial charge in [0.2, 0.25) is 0 Å². The molecule has 1 aliphatic heterocycles. The van der Waals surface area contributed by atoms with Gasteiger partial charge in [-0.25, -0.2) is 13.4 Å². The number of benzene rings is 3. The van der Waals surface area contributed by atoms with Gasteiger partial charge in [0.05, 0.1) is 28.0 Å². The monoisotopic (exact) mass is 484 g/mol. The highest BCUT2D eigenvalue weighted by Crippen LogP contribution is 2.33. The van der Waals surface area contributed by atoms with Crippen LogP contribution in [-0.2, 0) is 23.0 Å². The first-order valence-corrected chi connectivity index (χ1v) is 12.7. The van der Waals surface area contributed by atoms with E-state index in [4.69, 9.17) is 6.42 Å². The zero-order valence-electron chi connectivity index (χ0n) is 19.2. The zero-order chi connectivity index (χ0) is 24.6. The number of nitrogens with zero attached hydrogens (tertiary/aromatic N) is 3. The van der Waals surface area contributed by atoms with Crippen LogP contribution in [0.5, 0.6) is 0 Å². The predicted molar refractivity (Wildman–Crippen MR) is 138 cm³/mol. The second kappa shape index (κ2) is 8.93. The molecule has 0 fully saturated rings. The molecule has 0 unspecified atom stereocenters. The van der Waals surface area contributed by atoms with Gasteiger partial charge in [-0.05, 0) is 66.9 Å². The maximum Gasteiger partial charge on any atom is 0.264 e. The van der Waals surface area contributed by atoms with Crippen LogP contribution in [0.2, 0.25) is 0 Å². The van der Waals surface area contributed by atoms with E-state index >= 15 is 0 Å². The second-order valence-corrected chi connectivity index (χ2v) is 10.4. The summed E-state index contributed by atoms with van der Waals surface area (Å²) in [6.45, 7) is 2.96. The van der Waals surface area contributed by atoms with Crippen LogP contribution in [0.1, 0.15) is 17.0 Å². The van der Waals surface area contributed by atoms with Gasteiger partial charge in [0, 0.05) is 18.8 Å². The molecule has 0 amide bonds. The molecule has 1 aliphatic rings. The number of nitrogens with one attached hydrogen (secondary N) is 1. The van der Waals surface area contributed by atoms with Gasteiger partial charge in [0.1, 0.15) is 5.82 Å². The fraction of sp³-hybridized carbons (Fsp3) is 0.185. The molecular weight excluding hydrogens is 460 g/mol. The number of aryl methyl sites for hydroxylation is 1. The summed E-state index contributed by atoms with van der Waals surface area (Å²) in [5.41, 5.74) is 3.91. The third-order valence-electron chi connectivity index (χ3n) is 6.18. The lowest BCUT2D eigenvalue weighted by atomic mass is 10.1. The molecule has 0 atom stereocenters. The second-order valence-electron chi connectivity index (χ2n) is 8.51. The maximum absolute atomic E-state index is 13.3. The van der Waals surface area contributed by atoms with Crippen LogP contribution >= 0.6 is 0 Å². The summed E-state index contributed by atoms with van der Waals surface area (Å²) in [6, 6.07) is 19.9. The Bertz CT molecular complexity index is 1620. The SMILES string of the molecule is C#CCN(Cc1ccc2nc(C)[nH]c(=O)c2c1)c1ccc(S(=O)(=O)N2CCc3ccccc32)cc1. The minimum Gasteiger partial charge on any atom is -0.356 e. The fourth-order valence-corrected chi connectivity index (χ4v) is 5.99. The van der Waals surface area contributed by atoms with Gasteiger partial charge in [-0.15, -0.1) is 6.42 Å². The van der Waals surface area contributed by atoms with Crippen LogP contribution in [0.3, 0.4) is 0 Å². The molecule has 0 bridgehead atoms. The van der Waals surface area contributed by atoms with Gasteiger partial charge in [0.25, 0.3) is 15.6 Å². The first-order chi connectivity index (χ1) is 16.9. The Hall–Kier alpha value is -4.09. The lowest BCUT2D eigenvalue weighted by Crippen LogP contribution is -2.29. The largest absolute Gasteiger partial charge is 0.356 e. The van der Waals surface area contributed by atoms with E-state index in [1.165, 1.54) is 4.31 Å². The summed E-state index contributed by atoms with van der Waals surface area (Å²) < 4.78 is 28.1. The Labute approximate surface area is 204 Å². The number of sulfonamides is 1. The number of hydrogen-bond donors (Lipinski definition) is 1. The van der Waals surface area contributed by atoms with E-state index < -0.39 is 10.0 Å². The Morgan fingerprint density at radius 2 is 1.89 bits per heavy atom. The Balaban J connectivity index is 1.41. The smallest absolute Gasteiger partial charge is 0.264 e. The molecule has 0 saturated carbocycles. The Morgan fingerprint density at radius 3 is 2.66 bits per heavy atom. The Morgan fingerprint density at radius 1 is 1.11 bits per heavy atom. The summed E-state index contributed by atoms with van der Waals surface area (Å²) in [7, 11) is -3.67. The highest BCUT2D eigenvalue weighted by atomic mass is 32.2. The van der Waals surface area contributed by atoms with Crippen molar-refractivity contribution in [2.24, 2.45) is 0 Å². The van der Waals surface area contributed by atoms with Gasteiger partial charge in [0.15, 0.2) is 0 Å². The molecule has 2 heterocycles. The first-order valence-electron chi connectivity index (χ1n) is 11.3. The lowest BCUT2D eigenvalue weighted by Gasteiger charge is -2.24. The van der Waals surface area contributed by atoms with Crippen LogP contribution in [0.4, 0.5) is 11.4 Å². The molecule has 1 N–H and O–H groups in total. The number of hydrogen-bond acceptors (Lipinski definition) is 5. The van der Waals surface area contributed by atoms with Crippen LogP contribution in [-0.4, -0.2) is 31.5 Å². The molecule has 5 rings (SSSR count). The normalized spacial score (nSPS) is 13.0. The number of anilines is 2. The van der Waals surface area contributed by atoms with Gasteiger partial charge >= 0.3 is 0 Å². The van der Waals surface area contributed by atoms with Gasteiger partial charge < -0.3 is 9.88 Å². The van der Waals surface area contributed by atoms with E-state index in [0.717, 1.165) is 22.5 Å². The predicted octanol–water partition coefficient (Wildman–Crippen LogP) is 3.62. The lowest BCUT2D eigenvalue weighted by molar-refractivity contribution is 0.592. The van der Waals surface area contributed by atoms with Crippen molar-refractivity contribution in [2.45, 2.75) is 24.8 Å². The van der Waals surface area contributed by atoms with E-state index in [-0.39, 0.29) is 10.5 Å². The van der Waals surface area contributed by atoms with Crippen molar-refractivity contribution in [2.75, 3.05) is 22.3 Å². The topological polar surface area (TPSA) is 86.4 Å². The summed E-state index contributed by atoms with van der Waals surface area (Å²) in [5, 5.41) is 0.515. The molecule has 0 aliphatic carbocycles. The number of terminal acetylenes is 1. The van der Waals surface area contributed by atoms with E-state index in [0.29, 0.717) is 42.8 Å². The highest BCUT2D eigenvalue weighted by molar-refractivity contribution is 7.92. The number of fused-ring (bicyclic) bond motifs is 2. The minimum absolute atomic E-state index is 0.184. The average Bonchev–Trinajstić information content (AvgIpc) is 3.29. The van der Waals surface area contributed by atoms with Gasteiger partial charge in [-0.1, -0.05) is 30.2 Å². The standard InChI is InChI=1S/C27H24N4O3S/c1-3-15-30(18-20-8-13-25-24(17-20)27(32)29-19(2)28-25)22-9-11-23(12-10-22)35(33,34)31-16-14-21-6-4-5-7-26(21)31/h1,4-13,17H,14-16,18H2,2H3,(H,28,29,32). The molecule has 7 nitrogen and oxygen atoms in total. The number of rotatable bonds is 6. The van der Waals surface area contributed by atoms with E-state index in [1.54, 1.807) is 31.2 Å².